The highest BCUT2D eigenvalue weighted by Gasteiger charge is 2.30. The zero-order valence-corrected chi connectivity index (χ0v) is 24.7. The highest BCUT2D eigenvalue weighted by molar-refractivity contribution is 7.90. The molecule has 11 heteroatoms. The number of halogens is 1. The van der Waals surface area contributed by atoms with Gasteiger partial charge in [-0.25, -0.2) is 4.98 Å². The first-order chi connectivity index (χ1) is 19.7. The number of carbonyl (C=O) groups excluding carboxylic acids is 1. The van der Waals surface area contributed by atoms with Crippen LogP contribution in [0.2, 0.25) is 5.02 Å². The molecule has 0 fully saturated rings. The number of ether oxygens (including phenoxy) is 2. The van der Waals surface area contributed by atoms with Gasteiger partial charge < -0.3 is 13.9 Å². The molecule has 0 saturated carbocycles. The second kappa shape index (κ2) is 13.7. The maximum absolute atomic E-state index is 13.5. The van der Waals surface area contributed by atoms with Gasteiger partial charge in [-0.1, -0.05) is 41.9 Å². The number of benzene rings is 3. The molecule has 0 radical (unpaired) electrons. The summed E-state index contributed by atoms with van der Waals surface area (Å²) in [6.07, 6.45) is 0.562. The van der Waals surface area contributed by atoms with E-state index in [1.165, 1.54) is 7.05 Å². The molecule has 0 spiro atoms. The molecule has 0 unspecified atom stereocenters. The van der Waals surface area contributed by atoms with Crippen molar-refractivity contribution in [2.45, 2.75) is 26.8 Å². The Balaban J connectivity index is 1.41. The standard InChI is InChI=1S/C30H32ClN3O6S/c1-4-38-29(35)21-34(41(36,37)33(3)26-14-12-25(31)13-15-26)20-23-10-16-27(17-11-23)39-19-18-28-22(2)40-30(32-28)24-8-6-5-7-9-24/h5-17H,4,18-21H2,1-3H3. The monoisotopic (exact) mass is 597 g/mol. The number of nitrogens with zero attached hydrogens (tertiary/aromatic N) is 3. The van der Waals surface area contributed by atoms with Crippen molar-refractivity contribution < 1.29 is 27.1 Å². The summed E-state index contributed by atoms with van der Waals surface area (Å²) in [4.78, 5) is 16.9. The van der Waals surface area contributed by atoms with Gasteiger partial charge in [-0.3, -0.25) is 9.10 Å². The predicted octanol–water partition coefficient (Wildman–Crippen LogP) is 5.67. The normalized spacial score (nSPS) is 11.4. The number of aryl methyl sites for hydroxylation is 1. The fourth-order valence-corrected chi connectivity index (χ4v) is 5.49. The average molecular weight is 598 g/mol. The summed E-state index contributed by atoms with van der Waals surface area (Å²) >= 11 is 5.95. The molecule has 0 amide bonds. The summed E-state index contributed by atoms with van der Waals surface area (Å²) in [5.74, 6) is 1.30. The molecule has 4 rings (SSSR count). The lowest BCUT2D eigenvalue weighted by Crippen LogP contribution is -2.44. The summed E-state index contributed by atoms with van der Waals surface area (Å²) in [5, 5.41) is 0.485. The number of hydrogen-bond donors (Lipinski definition) is 0. The molecule has 1 aromatic heterocycles. The largest absolute Gasteiger partial charge is 0.493 e. The van der Waals surface area contributed by atoms with Gasteiger partial charge in [0.2, 0.25) is 5.89 Å². The van der Waals surface area contributed by atoms with E-state index in [1.54, 1.807) is 55.5 Å². The molecule has 0 bridgehead atoms. The lowest BCUT2D eigenvalue weighted by Gasteiger charge is -2.28. The Hall–Kier alpha value is -3.86. The van der Waals surface area contributed by atoms with Gasteiger partial charge in [0.15, 0.2) is 0 Å². The van der Waals surface area contributed by atoms with Crippen molar-refractivity contribution in [3.05, 3.63) is 101 Å². The third kappa shape index (κ3) is 7.87. The molecule has 0 aliphatic carbocycles. The number of rotatable bonds is 13. The molecule has 0 aliphatic heterocycles. The van der Waals surface area contributed by atoms with Crippen LogP contribution in [0, 0.1) is 6.92 Å². The van der Waals surface area contributed by atoms with Gasteiger partial charge >= 0.3 is 16.2 Å². The number of carbonyl (C=O) groups is 1. The van der Waals surface area contributed by atoms with Gasteiger partial charge in [-0.05, 0) is 67.9 Å². The van der Waals surface area contributed by atoms with E-state index in [0.29, 0.717) is 40.9 Å². The van der Waals surface area contributed by atoms with E-state index in [4.69, 9.17) is 25.5 Å². The highest BCUT2D eigenvalue weighted by Crippen LogP contribution is 2.24. The number of aromatic nitrogens is 1. The van der Waals surface area contributed by atoms with Gasteiger partial charge in [-0.15, -0.1) is 0 Å². The minimum absolute atomic E-state index is 0.0419. The zero-order valence-electron chi connectivity index (χ0n) is 23.1. The van der Waals surface area contributed by atoms with E-state index >= 15 is 0 Å². The topological polar surface area (TPSA) is 102 Å². The van der Waals surface area contributed by atoms with Crippen LogP contribution in [0.3, 0.4) is 0 Å². The van der Waals surface area contributed by atoms with Crippen LogP contribution in [0.15, 0.2) is 83.3 Å². The summed E-state index contributed by atoms with van der Waals surface area (Å²) in [6.45, 7) is 3.60. The Labute approximate surface area is 245 Å². The number of anilines is 1. The van der Waals surface area contributed by atoms with Crippen LogP contribution in [0.25, 0.3) is 11.5 Å². The SMILES string of the molecule is CCOC(=O)CN(Cc1ccc(OCCc2nc(-c3ccccc3)oc2C)cc1)S(=O)(=O)N(C)c1ccc(Cl)cc1. The Morgan fingerprint density at radius 1 is 1.00 bits per heavy atom. The van der Waals surface area contributed by atoms with Gasteiger partial charge in [0.05, 0.1) is 24.6 Å². The van der Waals surface area contributed by atoms with E-state index in [9.17, 15) is 13.2 Å². The van der Waals surface area contributed by atoms with Crippen LogP contribution in [0.4, 0.5) is 5.69 Å². The molecular formula is C30H32ClN3O6S. The van der Waals surface area contributed by atoms with Crippen molar-refractivity contribution in [2.75, 3.05) is 31.1 Å². The van der Waals surface area contributed by atoms with Crippen LogP contribution in [0.5, 0.6) is 5.75 Å². The zero-order chi connectivity index (χ0) is 29.4. The molecule has 0 saturated heterocycles. The molecule has 216 valence electrons. The number of oxazole rings is 1. The van der Waals surface area contributed by atoms with Crippen LogP contribution in [-0.2, 0) is 32.7 Å². The molecule has 1 heterocycles. The predicted molar refractivity (Wildman–Crippen MR) is 158 cm³/mol. The van der Waals surface area contributed by atoms with E-state index in [1.807, 2.05) is 37.3 Å². The summed E-state index contributed by atoms with van der Waals surface area (Å²) in [7, 11) is -2.66. The lowest BCUT2D eigenvalue weighted by molar-refractivity contribution is -0.143. The first kappa shape index (κ1) is 30.1. The van der Waals surface area contributed by atoms with Crippen LogP contribution in [0.1, 0.15) is 23.9 Å². The Kier molecular flexibility index (Phi) is 10.0. The third-order valence-corrected chi connectivity index (χ3v) is 8.34. The number of hydrogen-bond acceptors (Lipinski definition) is 7. The Morgan fingerprint density at radius 2 is 1.68 bits per heavy atom. The molecule has 3 aromatic carbocycles. The molecule has 0 N–H and O–H groups in total. The molecule has 4 aromatic rings. The van der Waals surface area contributed by atoms with Crippen LogP contribution < -0.4 is 9.04 Å². The highest BCUT2D eigenvalue weighted by atomic mass is 35.5. The van der Waals surface area contributed by atoms with Crippen molar-refractivity contribution in [3.63, 3.8) is 0 Å². The fraction of sp³-hybridized carbons (Fsp3) is 0.267. The fourth-order valence-electron chi connectivity index (χ4n) is 4.05. The molecular weight excluding hydrogens is 566 g/mol. The van der Waals surface area contributed by atoms with E-state index in [0.717, 1.165) is 25.6 Å². The van der Waals surface area contributed by atoms with Gasteiger partial charge in [-0.2, -0.15) is 12.7 Å². The van der Waals surface area contributed by atoms with Crippen LogP contribution >= 0.6 is 11.6 Å². The second-order valence-electron chi connectivity index (χ2n) is 9.16. The van der Waals surface area contributed by atoms with E-state index in [2.05, 4.69) is 4.98 Å². The van der Waals surface area contributed by atoms with Crippen molar-refractivity contribution in [1.82, 2.24) is 9.29 Å². The average Bonchev–Trinajstić information content (AvgIpc) is 3.34. The molecule has 41 heavy (non-hydrogen) atoms. The summed E-state index contributed by atoms with van der Waals surface area (Å²) < 4.78 is 45.9. The van der Waals surface area contributed by atoms with Crippen molar-refractivity contribution in [2.24, 2.45) is 0 Å². The Morgan fingerprint density at radius 3 is 2.34 bits per heavy atom. The lowest BCUT2D eigenvalue weighted by atomic mass is 10.2. The summed E-state index contributed by atoms with van der Waals surface area (Å²) in [6, 6.07) is 23.1. The molecule has 9 nitrogen and oxygen atoms in total. The first-order valence-electron chi connectivity index (χ1n) is 13.1. The van der Waals surface area contributed by atoms with Gasteiger partial charge in [0, 0.05) is 30.6 Å². The molecule has 0 aliphatic rings. The first-order valence-corrected chi connectivity index (χ1v) is 14.8. The van der Waals surface area contributed by atoms with Crippen LogP contribution in [-0.4, -0.2) is 50.5 Å². The van der Waals surface area contributed by atoms with Gasteiger partial charge in [0.25, 0.3) is 0 Å². The van der Waals surface area contributed by atoms with E-state index < -0.39 is 22.7 Å². The maximum atomic E-state index is 13.5. The quantitative estimate of drug-likeness (QED) is 0.183. The minimum atomic E-state index is -4.08. The Bertz CT molecular complexity index is 1540. The number of esters is 1. The second-order valence-corrected chi connectivity index (χ2v) is 11.6. The van der Waals surface area contributed by atoms with Crippen molar-refractivity contribution in [1.29, 1.82) is 0 Å². The van der Waals surface area contributed by atoms with Gasteiger partial charge in [0.1, 0.15) is 18.1 Å². The van der Waals surface area contributed by atoms with Crippen molar-refractivity contribution in [3.8, 4) is 17.2 Å². The van der Waals surface area contributed by atoms with E-state index in [-0.39, 0.29) is 13.2 Å². The maximum Gasteiger partial charge on any atom is 0.321 e. The molecule has 0 atom stereocenters. The summed E-state index contributed by atoms with van der Waals surface area (Å²) in [5.41, 5.74) is 2.82. The third-order valence-electron chi connectivity index (χ3n) is 6.28. The van der Waals surface area contributed by atoms with Crippen molar-refractivity contribution >= 4 is 33.5 Å². The smallest absolute Gasteiger partial charge is 0.321 e. The minimum Gasteiger partial charge on any atom is -0.493 e.